The molecule has 0 bridgehead atoms. The first kappa shape index (κ1) is 11.7. The number of carboxylic acid groups (broad SMARTS) is 1. The summed E-state index contributed by atoms with van der Waals surface area (Å²) in [6, 6.07) is 0. The summed E-state index contributed by atoms with van der Waals surface area (Å²) in [4.78, 5) is 7.75. The molecule has 0 radical (unpaired) electrons. The summed E-state index contributed by atoms with van der Waals surface area (Å²) in [6.07, 6.45) is 2.62. The van der Waals surface area contributed by atoms with Crippen LogP contribution in [0.2, 0.25) is 0 Å². The first-order valence-corrected chi connectivity index (χ1v) is 5.21. The zero-order valence-electron chi connectivity index (χ0n) is 7.36. The maximum absolute atomic E-state index is 10.9. The average molecular weight is 235 g/mol. The first-order valence-electron chi connectivity index (χ1n) is 3.77. The fourth-order valence-electron chi connectivity index (χ4n) is 1.22. The van der Waals surface area contributed by atoms with Gasteiger partial charge in [-0.05, 0) is 12.2 Å². The number of aliphatic carboxylic acids is 1. The molecule has 0 aromatic rings. The molecular weight excluding hydrogens is 226 g/mol. The molecule has 1 aliphatic carbocycles. The zero-order valence-corrected chi connectivity index (χ0v) is 8.18. The van der Waals surface area contributed by atoms with Crippen LogP contribution in [-0.2, 0) is 14.9 Å². The summed E-state index contributed by atoms with van der Waals surface area (Å²) < 4.78 is 30.5. The molecule has 0 spiro atoms. The molecule has 0 heterocycles. The van der Waals surface area contributed by atoms with Gasteiger partial charge < -0.3 is 15.9 Å². The van der Waals surface area contributed by atoms with Crippen molar-refractivity contribution in [1.82, 2.24) is 0 Å². The fraction of sp³-hybridized carbons (Fsp3) is 0.286. The van der Waals surface area contributed by atoms with Crippen LogP contribution in [0.15, 0.2) is 23.9 Å². The van der Waals surface area contributed by atoms with Crippen LogP contribution in [0.5, 0.6) is 0 Å². The lowest BCUT2D eigenvalue weighted by molar-refractivity contribution is -0.143. The third-order valence-electron chi connectivity index (χ3n) is 1.98. The average Bonchev–Trinajstić information content (AvgIpc) is 2.00. The third-order valence-corrected chi connectivity index (χ3v) is 3.18. The minimum atomic E-state index is -4.99. The van der Waals surface area contributed by atoms with E-state index in [1.54, 1.807) is 0 Å². The number of carboxylic acids is 1. The summed E-state index contributed by atoms with van der Waals surface area (Å²) in [7, 11) is -4.99. The maximum atomic E-state index is 10.9. The molecule has 0 aromatic carbocycles. The van der Waals surface area contributed by atoms with Crippen LogP contribution in [0.4, 0.5) is 0 Å². The highest BCUT2D eigenvalue weighted by Crippen LogP contribution is 2.30. The summed E-state index contributed by atoms with van der Waals surface area (Å²) >= 11 is 0. The van der Waals surface area contributed by atoms with Crippen molar-refractivity contribution in [1.29, 1.82) is 0 Å². The van der Waals surface area contributed by atoms with Crippen molar-refractivity contribution < 1.29 is 28.0 Å². The van der Waals surface area contributed by atoms with Crippen molar-refractivity contribution in [2.75, 3.05) is 0 Å². The van der Waals surface area contributed by atoms with Gasteiger partial charge in [-0.2, -0.15) is 8.42 Å². The third kappa shape index (κ3) is 1.87. The highest BCUT2D eigenvalue weighted by Gasteiger charge is 2.50. The predicted octanol–water partition coefficient (Wildman–Crippen LogP) is -1.32. The summed E-state index contributed by atoms with van der Waals surface area (Å²) in [6.45, 7) is 0. The predicted molar refractivity (Wildman–Crippen MR) is 49.0 cm³/mol. The Labute approximate surface area is 85.3 Å². The Morgan fingerprint density at radius 1 is 1.53 bits per heavy atom. The Morgan fingerprint density at radius 3 is 2.47 bits per heavy atom. The molecule has 2 atom stereocenters. The molecule has 0 fully saturated rings. The molecular formula is C7H9NO6S. The molecule has 1 aliphatic rings. The van der Waals surface area contributed by atoms with Gasteiger partial charge in [-0.3, -0.25) is 9.35 Å². The molecule has 5 N–H and O–H groups in total. The lowest BCUT2D eigenvalue weighted by atomic mass is 9.96. The maximum Gasteiger partial charge on any atom is 0.314 e. The zero-order chi connectivity index (χ0) is 11.9. The van der Waals surface area contributed by atoms with Gasteiger partial charge in [-0.15, -0.1) is 0 Å². The molecule has 0 aliphatic heterocycles. The highest BCUT2D eigenvalue weighted by molar-refractivity contribution is 7.87. The van der Waals surface area contributed by atoms with E-state index in [2.05, 4.69) is 0 Å². The molecule has 2 unspecified atom stereocenters. The number of aliphatic hydroxyl groups is 1. The molecule has 8 heteroatoms. The van der Waals surface area contributed by atoms with Crippen molar-refractivity contribution in [3.05, 3.63) is 23.9 Å². The van der Waals surface area contributed by atoms with E-state index in [4.69, 9.17) is 15.4 Å². The van der Waals surface area contributed by atoms with Crippen LogP contribution < -0.4 is 5.73 Å². The van der Waals surface area contributed by atoms with E-state index in [0.29, 0.717) is 6.08 Å². The van der Waals surface area contributed by atoms with Gasteiger partial charge in [0.1, 0.15) is 5.92 Å². The van der Waals surface area contributed by atoms with Crippen LogP contribution >= 0.6 is 0 Å². The van der Waals surface area contributed by atoms with Gasteiger partial charge >= 0.3 is 5.97 Å². The number of hydrogen-bond donors (Lipinski definition) is 4. The summed E-state index contributed by atoms with van der Waals surface area (Å²) in [5, 5.41) is 18.2. The van der Waals surface area contributed by atoms with E-state index in [1.165, 1.54) is 0 Å². The van der Waals surface area contributed by atoms with Gasteiger partial charge in [-0.25, -0.2) is 0 Å². The smallest absolute Gasteiger partial charge is 0.314 e. The number of allylic oxidation sites excluding steroid dienone is 1. The quantitative estimate of drug-likeness (QED) is 0.435. The molecule has 0 saturated carbocycles. The Bertz CT molecular complexity index is 450. The Balaban J connectivity index is 3.36. The topological polar surface area (TPSA) is 138 Å². The minimum Gasteiger partial charge on any atom is -0.481 e. The van der Waals surface area contributed by atoms with E-state index in [-0.39, 0.29) is 5.70 Å². The Kier molecular flexibility index (Phi) is 2.60. The normalized spacial score (nSPS) is 31.1. The van der Waals surface area contributed by atoms with Crippen LogP contribution in [0.25, 0.3) is 0 Å². The summed E-state index contributed by atoms with van der Waals surface area (Å²) in [5.41, 5.74) is 5.07. The minimum absolute atomic E-state index is 0.146. The molecule has 0 amide bonds. The van der Waals surface area contributed by atoms with Gasteiger partial charge in [0, 0.05) is 5.70 Å². The van der Waals surface area contributed by atoms with Gasteiger partial charge in [0.2, 0.25) is 4.93 Å². The van der Waals surface area contributed by atoms with Gasteiger partial charge in [0.05, 0.1) is 0 Å². The largest absolute Gasteiger partial charge is 0.481 e. The van der Waals surface area contributed by atoms with Crippen LogP contribution in [0.3, 0.4) is 0 Å². The number of carbonyl (C=O) groups is 1. The Morgan fingerprint density at radius 2 is 2.07 bits per heavy atom. The number of nitrogens with two attached hydrogens (primary N) is 1. The standard InChI is InChI=1S/C7H9NO6S/c8-4-1-2-5(6(9)10)7(11,3-4)15(12,13)14/h1-3,5,11H,8H2,(H,9,10)(H,12,13,14). The van der Waals surface area contributed by atoms with Crippen molar-refractivity contribution in [2.24, 2.45) is 11.7 Å². The van der Waals surface area contributed by atoms with E-state index in [0.717, 1.165) is 12.2 Å². The molecule has 0 aromatic heterocycles. The van der Waals surface area contributed by atoms with Crippen molar-refractivity contribution >= 4 is 16.1 Å². The van der Waals surface area contributed by atoms with Crippen LogP contribution in [-0.4, -0.2) is 34.1 Å². The van der Waals surface area contributed by atoms with Crippen molar-refractivity contribution in [3.8, 4) is 0 Å². The van der Waals surface area contributed by atoms with E-state index in [9.17, 15) is 18.3 Å². The first-order chi connectivity index (χ1) is 6.68. The lowest BCUT2D eigenvalue weighted by Crippen LogP contribution is -2.48. The molecule has 84 valence electrons. The second-order valence-electron chi connectivity index (χ2n) is 3.05. The van der Waals surface area contributed by atoms with E-state index < -0.39 is 26.9 Å². The van der Waals surface area contributed by atoms with Crippen molar-refractivity contribution in [2.45, 2.75) is 4.93 Å². The lowest BCUT2D eigenvalue weighted by Gasteiger charge is -2.28. The van der Waals surface area contributed by atoms with Gasteiger partial charge in [0.25, 0.3) is 10.1 Å². The monoisotopic (exact) mass is 235 g/mol. The van der Waals surface area contributed by atoms with Crippen molar-refractivity contribution in [3.63, 3.8) is 0 Å². The summed E-state index contributed by atoms with van der Waals surface area (Å²) in [5.74, 6) is -3.38. The molecule has 1 rings (SSSR count). The number of rotatable bonds is 2. The second-order valence-corrected chi connectivity index (χ2v) is 4.65. The van der Waals surface area contributed by atoms with Crippen LogP contribution in [0.1, 0.15) is 0 Å². The highest BCUT2D eigenvalue weighted by atomic mass is 32.2. The molecule has 15 heavy (non-hydrogen) atoms. The van der Waals surface area contributed by atoms with E-state index >= 15 is 0 Å². The molecule has 0 saturated heterocycles. The fourth-order valence-corrected chi connectivity index (χ4v) is 2.00. The Hall–Kier alpha value is -1.38. The SMILES string of the molecule is NC1=CC(O)(S(=O)(=O)O)C(C(=O)O)C=C1. The second kappa shape index (κ2) is 3.33. The van der Waals surface area contributed by atoms with Crippen LogP contribution in [0, 0.1) is 5.92 Å². The van der Waals surface area contributed by atoms with E-state index in [1.807, 2.05) is 0 Å². The van der Waals surface area contributed by atoms with Gasteiger partial charge in [0.15, 0.2) is 0 Å². The molecule has 7 nitrogen and oxygen atoms in total. The number of hydrogen-bond acceptors (Lipinski definition) is 5. The van der Waals surface area contributed by atoms with Gasteiger partial charge in [-0.1, -0.05) is 6.08 Å².